The number of unbranched alkanes of at least 4 members (excludes halogenated alkanes) is 3. The Morgan fingerprint density at radius 2 is 1.88 bits per heavy atom. The van der Waals surface area contributed by atoms with E-state index in [-0.39, 0.29) is 0 Å². The molecule has 4 nitrogen and oxygen atoms in total. The number of benzene rings is 1. The van der Waals surface area contributed by atoms with Crippen molar-refractivity contribution in [2.24, 2.45) is 5.73 Å². The Balaban J connectivity index is 1.52. The summed E-state index contributed by atoms with van der Waals surface area (Å²) in [5.74, 6) is 0.819. The zero-order valence-electron chi connectivity index (χ0n) is 13.6. The third kappa shape index (κ3) is 5.00. The number of hydrogen-bond acceptors (Lipinski definition) is 6. The fourth-order valence-corrected chi connectivity index (χ4v) is 4.31. The summed E-state index contributed by atoms with van der Waals surface area (Å²) in [6, 6.07) is 10.3. The van der Waals surface area contributed by atoms with E-state index in [1.165, 1.54) is 24.0 Å². The molecule has 0 unspecified atom stereocenters. The minimum Gasteiger partial charge on any atom is -0.330 e. The van der Waals surface area contributed by atoms with E-state index >= 15 is 0 Å². The Bertz CT molecular complexity index is 739. The molecular weight excluding hydrogens is 336 g/mol. The molecule has 0 aliphatic rings. The average molecular weight is 359 g/mol. The Labute approximate surface area is 150 Å². The molecule has 1 aromatic carbocycles. The third-order valence-corrected chi connectivity index (χ3v) is 5.83. The number of fused-ring (bicyclic) bond motifs is 1. The highest BCUT2D eigenvalue weighted by molar-refractivity contribution is 7.98. The maximum Gasteiger partial charge on any atom is 0.188 e. The standard InChI is InChI=1S/C18H22N4S2/c19-11-6-2-1-3-7-14-10-12-20-18(21-14)23-13-17-22-15-8-4-5-9-16(15)24-17/h4-5,8-10,12H,1-3,6-7,11,13,19H2. The summed E-state index contributed by atoms with van der Waals surface area (Å²) in [5.41, 5.74) is 7.72. The number of nitrogens with zero attached hydrogens (tertiary/aromatic N) is 3. The van der Waals surface area contributed by atoms with Gasteiger partial charge < -0.3 is 5.73 Å². The van der Waals surface area contributed by atoms with Crippen LogP contribution in [0.1, 0.15) is 36.4 Å². The first-order valence-corrected chi connectivity index (χ1v) is 10.1. The molecule has 0 atom stereocenters. The lowest BCUT2D eigenvalue weighted by Crippen LogP contribution is -1.98. The second-order valence-electron chi connectivity index (χ2n) is 5.65. The minimum atomic E-state index is 0.792. The van der Waals surface area contributed by atoms with E-state index < -0.39 is 0 Å². The molecular formula is C18H22N4S2. The normalized spacial score (nSPS) is 11.2. The molecule has 0 radical (unpaired) electrons. The van der Waals surface area contributed by atoms with Crippen LogP contribution in [0.3, 0.4) is 0 Å². The number of thiazole rings is 1. The maximum absolute atomic E-state index is 5.52. The van der Waals surface area contributed by atoms with Crippen LogP contribution in [0.2, 0.25) is 0 Å². The lowest BCUT2D eigenvalue weighted by atomic mass is 10.1. The molecule has 0 saturated heterocycles. The van der Waals surface area contributed by atoms with E-state index in [0.717, 1.165) is 46.5 Å². The van der Waals surface area contributed by atoms with Gasteiger partial charge in [0.25, 0.3) is 0 Å². The third-order valence-electron chi connectivity index (χ3n) is 3.74. The lowest BCUT2D eigenvalue weighted by Gasteiger charge is -2.03. The van der Waals surface area contributed by atoms with E-state index in [4.69, 9.17) is 5.73 Å². The van der Waals surface area contributed by atoms with Crippen LogP contribution in [0.25, 0.3) is 10.2 Å². The molecule has 0 aliphatic heterocycles. The monoisotopic (exact) mass is 358 g/mol. The van der Waals surface area contributed by atoms with Crippen molar-refractivity contribution in [3.63, 3.8) is 0 Å². The predicted octanol–water partition coefficient (Wildman–Crippen LogP) is 4.44. The van der Waals surface area contributed by atoms with Crippen LogP contribution in [-0.2, 0) is 12.2 Å². The van der Waals surface area contributed by atoms with Gasteiger partial charge in [-0.3, -0.25) is 0 Å². The molecule has 3 rings (SSSR count). The largest absolute Gasteiger partial charge is 0.330 e. The van der Waals surface area contributed by atoms with Crippen molar-refractivity contribution < 1.29 is 0 Å². The summed E-state index contributed by atoms with van der Waals surface area (Å²) >= 11 is 3.40. The molecule has 126 valence electrons. The van der Waals surface area contributed by atoms with Crippen molar-refractivity contribution in [1.82, 2.24) is 15.0 Å². The molecule has 0 spiro atoms. The van der Waals surface area contributed by atoms with Gasteiger partial charge in [-0.1, -0.05) is 36.7 Å². The van der Waals surface area contributed by atoms with Crippen molar-refractivity contribution in [3.8, 4) is 0 Å². The number of aromatic nitrogens is 3. The molecule has 3 aromatic rings. The predicted molar refractivity (Wildman–Crippen MR) is 102 cm³/mol. The van der Waals surface area contributed by atoms with Gasteiger partial charge in [-0.2, -0.15) is 0 Å². The van der Waals surface area contributed by atoms with Crippen LogP contribution in [0, 0.1) is 0 Å². The maximum atomic E-state index is 5.52. The van der Waals surface area contributed by atoms with Gasteiger partial charge in [0.05, 0.1) is 16.0 Å². The number of aryl methyl sites for hydroxylation is 1. The van der Waals surface area contributed by atoms with Gasteiger partial charge >= 0.3 is 0 Å². The number of hydrogen-bond donors (Lipinski definition) is 1. The van der Waals surface area contributed by atoms with Crippen molar-refractivity contribution in [3.05, 3.63) is 47.2 Å². The second-order valence-corrected chi connectivity index (χ2v) is 7.71. The summed E-state index contributed by atoms with van der Waals surface area (Å²) in [6.07, 6.45) is 7.59. The lowest BCUT2D eigenvalue weighted by molar-refractivity contribution is 0.638. The smallest absolute Gasteiger partial charge is 0.188 e. The molecule has 0 aliphatic carbocycles. The van der Waals surface area contributed by atoms with E-state index in [2.05, 4.69) is 33.2 Å². The quantitative estimate of drug-likeness (QED) is 0.348. The molecule has 0 fully saturated rings. The molecule has 24 heavy (non-hydrogen) atoms. The van der Waals surface area contributed by atoms with Crippen LogP contribution in [0.5, 0.6) is 0 Å². The first kappa shape index (κ1) is 17.3. The zero-order chi connectivity index (χ0) is 16.6. The molecule has 0 saturated carbocycles. The van der Waals surface area contributed by atoms with Crippen molar-refractivity contribution >= 4 is 33.3 Å². The first-order valence-electron chi connectivity index (χ1n) is 8.34. The molecule has 2 N–H and O–H groups in total. The van der Waals surface area contributed by atoms with Crippen LogP contribution in [0.4, 0.5) is 0 Å². The topological polar surface area (TPSA) is 64.7 Å². The van der Waals surface area contributed by atoms with Crippen LogP contribution in [-0.4, -0.2) is 21.5 Å². The van der Waals surface area contributed by atoms with Gasteiger partial charge in [-0.15, -0.1) is 11.3 Å². The van der Waals surface area contributed by atoms with Crippen LogP contribution in [0.15, 0.2) is 41.7 Å². The van der Waals surface area contributed by atoms with Crippen molar-refractivity contribution in [1.29, 1.82) is 0 Å². The summed E-state index contributed by atoms with van der Waals surface area (Å²) in [6.45, 7) is 0.792. The highest BCUT2D eigenvalue weighted by Gasteiger charge is 2.06. The van der Waals surface area contributed by atoms with Gasteiger partial charge in [0, 0.05) is 11.9 Å². The number of para-hydroxylation sites is 1. The molecule has 0 bridgehead atoms. The Hall–Kier alpha value is -1.50. The Kier molecular flexibility index (Phi) is 6.57. The van der Waals surface area contributed by atoms with Crippen LogP contribution < -0.4 is 5.73 Å². The van der Waals surface area contributed by atoms with Gasteiger partial charge in [0.15, 0.2) is 5.16 Å². The first-order chi connectivity index (χ1) is 11.8. The van der Waals surface area contributed by atoms with E-state index in [0.29, 0.717) is 0 Å². The molecule has 2 heterocycles. The fourth-order valence-electron chi connectivity index (χ4n) is 2.50. The van der Waals surface area contributed by atoms with E-state index in [1.807, 2.05) is 18.3 Å². The number of nitrogens with two attached hydrogens (primary N) is 1. The zero-order valence-corrected chi connectivity index (χ0v) is 15.3. The van der Waals surface area contributed by atoms with Gasteiger partial charge in [-0.05, 0) is 44.0 Å². The molecule has 2 aromatic heterocycles. The van der Waals surface area contributed by atoms with Crippen molar-refractivity contribution in [2.45, 2.75) is 43.0 Å². The number of rotatable bonds is 9. The minimum absolute atomic E-state index is 0.792. The highest BCUT2D eigenvalue weighted by atomic mass is 32.2. The number of thioether (sulfide) groups is 1. The van der Waals surface area contributed by atoms with Gasteiger partial charge in [0.2, 0.25) is 0 Å². The van der Waals surface area contributed by atoms with Crippen LogP contribution >= 0.6 is 23.1 Å². The summed E-state index contributed by atoms with van der Waals surface area (Å²) in [5, 5.41) is 1.96. The van der Waals surface area contributed by atoms with Gasteiger partial charge in [-0.25, -0.2) is 15.0 Å². The second kappa shape index (κ2) is 9.11. The van der Waals surface area contributed by atoms with Gasteiger partial charge in [0.1, 0.15) is 5.01 Å². The molecule has 0 amide bonds. The summed E-state index contributed by atoms with van der Waals surface area (Å²) in [4.78, 5) is 13.7. The molecule has 6 heteroatoms. The van der Waals surface area contributed by atoms with E-state index in [1.54, 1.807) is 23.1 Å². The Morgan fingerprint density at radius 1 is 1.00 bits per heavy atom. The van der Waals surface area contributed by atoms with Crippen molar-refractivity contribution in [2.75, 3.05) is 6.54 Å². The average Bonchev–Trinajstić information content (AvgIpc) is 3.03. The highest BCUT2D eigenvalue weighted by Crippen LogP contribution is 2.27. The summed E-state index contributed by atoms with van der Waals surface area (Å²) < 4.78 is 1.24. The van der Waals surface area contributed by atoms with E-state index in [9.17, 15) is 0 Å². The Morgan fingerprint density at radius 3 is 2.75 bits per heavy atom. The SMILES string of the molecule is NCCCCCCc1ccnc(SCc2nc3ccccc3s2)n1. The fraction of sp³-hybridized carbons (Fsp3) is 0.389. The summed E-state index contributed by atoms with van der Waals surface area (Å²) in [7, 11) is 0.